The standard InChI is InChI=1S/C18H15F3N5O/c1-23-17(16-5-4-12(10-26(16)27)18(19,20)21)13-7-15(25-9-14(13)22)11-3-2-6-24-8-11/h2-10,27H,22H2,1H3/q+1. The van der Waals surface area contributed by atoms with Crippen molar-refractivity contribution in [3.8, 4) is 11.3 Å². The predicted molar refractivity (Wildman–Crippen MR) is 92.3 cm³/mol. The van der Waals surface area contributed by atoms with Crippen molar-refractivity contribution in [3.05, 3.63) is 71.9 Å². The third kappa shape index (κ3) is 3.71. The van der Waals surface area contributed by atoms with Gasteiger partial charge in [0.1, 0.15) is 11.3 Å². The molecular weight excluding hydrogens is 359 g/mol. The summed E-state index contributed by atoms with van der Waals surface area (Å²) in [6.07, 6.45) is 0.678. The van der Waals surface area contributed by atoms with Gasteiger partial charge in [0.2, 0.25) is 6.20 Å². The SMILES string of the molecule is CN=C(c1cc(-c2cccnc2)ncc1N)c1ccc(C(F)(F)F)c[n+]1O. The molecule has 0 fully saturated rings. The highest BCUT2D eigenvalue weighted by Gasteiger charge is 2.35. The minimum Gasteiger partial charge on any atom is -0.397 e. The molecule has 0 aliphatic heterocycles. The smallest absolute Gasteiger partial charge is 0.397 e. The molecule has 0 unspecified atom stereocenters. The quantitative estimate of drug-likeness (QED) is 0.419. The molecule has 0 radical (unpaired) electrons. The number of aromatic nitrogens is 3. The fraction of sp³-hybridized carbons (Fsp3) is 0.111. The van der Waals surface area contributed by atoms with Crippen molar-refractivity contribution in [1.29, 1.82) is 0 Å². The van der Waals surface area contributed by atoms with Crippen LogP contribution in [0.3, 0.4) is 0 Å². The van der Waals surface area contributed by atoms with Gasteiger partial charge in [-0.05, 0) is 24.3 Å². The zero-order valence-corrected chi connectivity index (χ0v) is 14.1. The Morgan fingerprint density at radius 2 is 2.00 bits per heavy atom. The Balaban J connectivity index is 2.09. The minimum atomic E-state index is -4.57. The largest absolute Gasteiger partial charge is 0.422 e. The Morgan fingerprint density at radius 3 is 2.59 bits per heavy atom. The van der Waals surface area contributed by atoms with E-state index >= 15 is 0 Å². The predicted octanol–water partition coefficient (Wildman–Crippen LogP) is 2.74. The molecule has 3 rings (SSSR count). The number of hydrogen-bond acceptors (Lipinski definition) is 5. The summed E-state index contributed by atoms with van der Waals surface area (Å²) >= 11 is 0. The van der Waals surface area contributed by atoms with Crippen LogP contribution in [0.15, 0.2) is 60.1 Å². The second kappa shape index (κ2) is 7.02. The number of nitrogens with two attached hydrogens (primary N) is 1. The zero-order valence-electron chi connectivity index (χ0n) is 14.1. The van der Waals surface area contributed by atoms with E-state index in [1.807, 2.05) is 6.07 Å². The molecule has 0 bridgehead atoms. The lowest BCUT2D eigenvalue weighted by Crippen LogP contribution is -2.39. The van der Waals surface area contributed by atoms with Crippen LogP contribution in [-0.2, 0) is 6.18 Å². The molecule has 3 N–H and O–H groups in total. The number of aliphatic imine (C=N–C) groups is 1. The van der Waals surface area contributed by atoms with E-state index in [0.717, 1.165) is 17.7 Å². The van der Waals surface area contributed by atoms with Gasteiger partial charge >= 0.3 is 6.18 Å². The average Bonchev–Trinajstić information content (AvgIpc) is 2.65. The number of halogens is 3. The maximum atomic E-state index is 12.8. The highest BCUT2D eigenvalue weighted by molar-refractivity contribution is 6.14. The topological polar surface area (TPSA) is 88.3 Å². The molecular formula is C18H15F3N5O+. The summed E-state index contributed by atoms with van der Waals surface area (Å²) in [4.78, 5) is 12.4. The molecule has 0 saturated carbocycles. The summed E-state index contributed by atoms with van der Waals surface area (Å²) in [5, 5.41) is 10.1. The lowest BCUT2D eigenvalue weighted by Gasteiger charge is -2.10. The number of nitrogens with zero attached hydrogens (tertiary/aromatic N) is 4. The van der Waals surface area contributed by atoms with Gasteiger partial charge in [0.05, 0.1) is 17.6 Å². The third-order valence-corrected chi connectivity index (χ3v) is 3.87. The van der Waals surface area contributed by atoms with Crippen molar-refractivity contribution >= 4 is 11.4 Å². The second-order valence-electron chi connectivity index (χ2n) is 5.62. The fourth-order valence-corrected chi connectivity index (χ4v) is 2.56. The number of nitrogen functional groups attached to an aromatic ring is 1. The molecule has 138 valence electrons. The summed E-state index contributed by atoms with van der Waals surface area (Å²) < 4.78 is 38.8. The van der Waals surface area contributed by atoms with E-state index in [1.165, 1.54) is 13.2 Å². The first-order valence-electron chi connectivity index (χ1n) is 7.77. The molecule has 0 atom stereocenters. The van der Waals surface area contributed by atoms with E-state index in [2.05, 4.69) is 15.0 Å². The van der Waals surface area contributed by atoms with Crippen LogP contribution in [-0.4, -0.2) is 27.9 Å². The maximum absolute atomic E-state index is 12.8. The number of rotatable bonds is 3. The van der Waals surface area contributed by atoms with Crippen molar-refractivity contribution in [1.82, 2.24) is 9.97 Å². The molecule has 0 aromatic carbocycles. The Labute approximate surface area is 152 Å². The van der Waals surface area contributed by atoms with Crippen LogP contribution in [0.25, 0.3) is 11.3 Å². The molecule has 0 spiro atoms. The van der Waals surface area contributed by atoms with Crippen LogP contribution < -0.4 is 10.5 Å². The Bertz CT molecular complexity index is 1000. The summed E-state index contributed by atoms with van der Waals surface area (Å²) in [6.45, 7) is 0. The average molecular weight is 374 g/mol. The fourth-order valence-electron chi connectivity index (χ4n) is 2.56. The summed E-state index contributed by atoms with van der Waals surface area (Å²) in [7, 11) is 1.45. The van der Waals surface area contributed by atoms with Gasteiger partial charge in [-0.1, -0.05) is 0 Å². The first kappa shape index (κ1) is 18.3. The van der Waals surface area contributed by atoms with Gasteiger partial charge in [0.15, 0.2) is 0 Å². The van der Waals surface area contributed by atoms with Gasteiger partial charge in [-0.25, -0.2) is 0 Å². The van der Waals surface area contributed by atoms with Crippen LogP contribution >= 0.6 is 0 Å². The summed E-state index contributed by atoms with van der Waals surface area (Å²) in [5.74, 6) is 0. The van der Waals surface area contributed by atoms with E-state index < -0.39 is 11.7 Å². The number of anilines is 1. The van der Waals surface area contributed by atoms with E-state index in [-0.39, 0.29) is 17.1 Å². The Kier molecular flexibility index (Phi) is 4.76. The van der Waals surface area contributed by atoms with Crippen LogP contribution in [0.2, 0.25) is 0 Å². The number of pyridine rings is 3. The molecule has 3 heterocycles. The van der Waals surface area contributed by atoms with Crippen LogP contribution in [0.4, 0.5) is 18.9 Å². The third-order valence-electron chi connectivity index (χ3n) is 3.87. The molecule has 0 aliphatic carbocycles. The van der Waals surface area contributed by atoms with E-state index in [1.54, 1.807) is 24.5 Å². The van der Waals surface area contributed by atoms with Crippen molar-refractivity contribution in [2.75, 3.05) is 12.8 Å². The van der Waals surface area contributed by atoms with Gasteiger partial charge in [-0.15, -0.1) is 0 Å². The monoisotopic (exact) mass is 374 g/mol. The number of alkyl halides is 3. The highest BCUT2D eigenvalue weighted by atomic mass is 19.4. The lowest BCUT2D eigenvalue weighted by atomic mass is 10.0. The van der Waals surface area contributed by atoms with Gasteiger partial charge in [-0.3, -0.25) is 20.2 Å². The molecule has 0 saturated heterocycles. The van der Waals surface area contributed by atoms with Crippen LogP contribution in [0.5, 0.6) is 0 Å². The van der Waals surface area contributed by atoms with Crippen molar-refractivity contribution in [2.45, 2.75) is 6.18 Å². The molecule has 27 heavy (non-hydrogen) atoms. The first-order chi connectivity index (χ1) is 12.8. The lowest BCUT2D eigenvalue weighted by molar-refractivity contribution is -0.905. The molecule has 9 heteroatoms. The molecule has 0 aliphatic rings. The second-order valence-corrected chi connectivity index (χ2v) is 5.62. The summed E-state index contributed by atoms with van der Waals surface area (Å²) in [6, 6.07) is 7.20. The number of hydrogen-bond donors (Lipinski definition) is 2. The maximum Gasteiger partial charge on any atom is 0.422 e. The van der Waals surface area contributed by atoms with Crippen LogP contribution in [0, 0.1) is 0 Å². The highest BCUT2D eigenvalue weighted by Crippen LogP contribution is 2.28. The minimum absolute atomic E-state index is 0.0561. The zero-order chi connectivity index (χ0) is 19.6. The molecule has 3 aromatic heterocycles. The van der Waals surface area contributed by atoms with Crippen LogP contribution in [0.1, 0.15) is 16.8 Å². The molecule has 3 aromatic rings. The summed E-state index contributed by atoms with van der Waals surface area (Å²) in [5.41, 5.74) is 7.28. The van der Waals surface area contributed by atoms with E-state index in [4.69, 9.17) is 5.73 Å². The van der Waals surface area contributed by atoms with Crippen molar-refractivity contribution < 1.29 is 23.1 Å². The van der Waals surface area contributed by atoms with Gasteiger partial charge in [0, 0.05) is 41.4 Å². The molecule has 0 amide bonds. The first-order valence-corrected chi connectivity index (χ1v) is 7.77. The molecule has 6 nitrogen and oxygen atoms in total. The van der Waals surface area contributed by atoms with Gasteiger partial charge in [-0.2, -0.15) is 13.2 Å². The van der Waals surface area contributed by atoms with Crippen molar-refractivity contribution in [3.63, 3.8) is 0 Å². The Morgan fingerprint density at radius 1 is 1.22 bits per heavy atom. The van der Waals surface area contributed by atoms with E-state index in [0.29, 0.717) is 22.2 Å². The van der Waals surface area contributed by atoms with E-state index in [9.17, 15) is 18.4 Å². The normalized spacial score (nSPS) is 12.2. The van der Waals surface area contributed by atoms with Crippen molar-refractivity contribution in [2.24, 2.45) is 4.99 Å². The van der Waals surface area contributed by atoms with Gasteiger partial charge in [0.25, 0.3) is 5.69 Å². The Hall–Kier alpha value is -3.49. The van der Waals surface area contributed by atoms with Gasteiger partial charge < -0.3 is 5.73 Å².